The van der Waals surface area contributed by atoms with Crippen molar-refractivity contribution in [1.29, 1.82) is 0 Å². The number of rotatable bonds is 5. The second-order valence-electron chi connectivity index (χ2n) is 7.26. The highest BCUT2D eigenvalue weighted by Crippen LogP contribution is 2.36. The molecule has 0 unspecified atom stereocenters. The number of carbonyl (C=O) groups excluding carboxylic acids is 1. The first kappa shape index (κ1) is 20.0. The number of benzene rings is 2. The van der Waals surface area contributed by atoms with Gasteiger partial charge in [0, 0.05) is 18.7 Å². The van der Waals surface area contributed by atoms with Crippen LogP contribution in [0.3, 0.4) is 0 Å². The molecule has 156 valence electrons. The molecule has 0 saturated heterocycles. The monoisotopic (exact) mass is 408 g/mol. The number of hydrogen-bond donors (Lipinski definition) is 1. The van der Waals surface area contributed by atoms with Gasteiger partial charge in [0.25, 0.3) is 5.91 Å². The predicted molar refractivity (Wildman–Crippen MR) is 111 cm³/mol. The standard InChI is InChI=1S/C23H24N2O5/c1-14(26)22-20(23(27)25-11-10-15-6-4-5-7-17(15)13-25)21(24-30-22)16-8-9-18(28-2)19(12-16)29-3/h4-9,12,14,26H,10-11,13H2,1-3H3/t14-/m0/s1. The number of aliphatic hydroxyl groups is 1. The zero-order valence-corrected chi connectivity index (χ0v) is 17.2. The van der Waals surface area contributed by atoms with Gasteiger partial charge in [-0.3, -0.25) is 4.79 Å². The van der Waals surface area contributed by atoms with Gasteiger partial charge in [-0.15, -0.1) is 0 Å². The van der Waals surface area contributed by atoms with E-state index >= 15 is 0 Å². The number of ether oxygens (including phenoxy) is 2. The van der Waals surface area contributed by atoms with Crippen molar-refractivity contribution in [2.45, 2.75) is 26.0 Å². The SMILES string of the molecule is COc1ccc(-c2noc([C@H](C)O)c2C(=O)N2CCc3ccccc3C2)cc1OC. The summed E-state index contributed by atoms with van der Waals surface area (Å²) >= 11 is 0. The Hall–Kier alpha value is -3.32. The zero-order chi connectivity index (χ0) is 21.3. The minimum absolute atomic E-state index is 0.156. The van der Waals surface area contributed by atoms with E-state index in [0.717, 1.165) is 12.0 Å². The Morgan fingerprint density at radius 2 is 1.87 bits per heavy atom. The molecule has 2 heterocycles. The highest BCUT2D eigenvalue weighted by Gasteiger charge is 2.31. The van der Waals surface area contributed by atoms with E-state index in [2.05, 4.69) is 11.2 Å². The van der Waals surface area contributed by atoms with Gasteiger partial charge in [0.15, 0.2) is 17.3 Å². The fourth-order valence-corrected chi connectivity index (χ4v) is 3.80. The van der Waals surface area contributed by atoms with E-state index in [-0.39, 0.29) is 17.2 Å². The second kappa shape index (κ2) is 8.20. The molecule has 1 atom stereocenters. The smallest absolute Gasteiger partial charge is 0.260 e. The van der Waals surface area contributed by atoms with Gasteiger partial charge in [-0.1, -0.05) is 29.4 Å². The average molecular weight is 408 g/mol. The lowest BCUT2D eigenvalue weighted by atomic mass is 9.97. The molecule has 0 radical (unpaired) electrons. The molecule has 1 aliphatic heterocycles. The van der Waals surface area contributed by atoms with Crippen molar-refractivity contribution in [2.75, 3.05) is 20.8 Å². The fourth-order valence-electron chi connectivity index (χ4n) is 3.80. The van der Waals surface area contributed by atoms with Crippen LogP contribution in [0.5, 0.6) is 11.5 Å². The van der Waals surface area contributed by atoms with Crippen LogP contribution in [0.4, 0.5) is 0 Å². The zero-order valence-electron chi connectivity index (χ0n) is 17.2. The van der Waals surface area contributed by atoms with Crippen LogP contribution in [0.15, 0.2) is 47.0 Å². The topological polar surface area (TPSA) is 85.0 Å². The molecule has 7 nitrogen and oxygen atoms in total. The van der Waals surface area contributed by atoms with Crippen LogP contribution in [-0.2, 0) is 13.0 Å². The summed E-state index contributed by atoms with van der Waals surface area (Å²) in [4.78, 5) is 15.3. The molecule has 1 N–H and O–H groups in total. The average Bonchev–Trinajstić information content (AvgIpc) is 3.23. The lowest BCUT2D eigenvalue weighted by molar-refractivity contribution is 0.0723. The summed E-state index contributed by atoms with van der Waals surface area (Å²) in [6, 6.07) is 13.4. The summed E-state index contributed by atoms with van der Waals surface area (Å²) in [5, 5.41) is 14.3. The van der Waals surface area contributed by atoms with E-state index in [1.165, 1.54) is 5.56 Å². The summed E-state index contributed by atoms with van der Waals surface area (Å²) in [5.41, 5.74) is 3.67. The summed E-state index contributed by atoms with van der Waals surface area (Å²) in [6.07, 6.45) is -0.189. The maximum Gasteiger partial charge on any atom is 0.260 e. The minimum atomic E-state index is -0.970. The van der Waals surface area contributed by atoms with E-state index in [4.69, 9.17) is 14.0 Å². The van der Waals surface area contributed by atoms with Crippen LogP contribution in [0.2, 0.25) is 0 Å². The Labute approximate surface area is 174 Å². The third-order valence-corrected chi connectivity index (χ3v) is 5.39. The Bertz CT molecular complexity index is 1070. The van der Waals surface area contributed by atoms with Gasteiger partial charge in [0.05, 0.1) is 14.2 Å². The molecule has 1 amide bonds. The molecule has 0 spiro atoms. The number of hydrogen-bond acceptors (Lipinski definition) is 6. The molecule has 4 rings (SSSR count). The second-order valence-corrected chi connectivity index (χ2v) is 7.26. The molecule has 2 aromatic carbocycles. The Morgan fingerprint density at radius 1 is 1.13 bits per heavy atom. The first-order chi connectivity index (χ1) is 14.5. The van der Waals surface area contributed by atoms with Crippen molar-refractivity contribution in [1.82, 2.24) is 10.1 Å². The number of carbonyl (C=O) groups is 1. The predicted octanol–water partition coefficient (Wildman–Crippen LogP) is 3.61. The highest BCUT2D eigenvalue weighted by atomic mass is 16.5. The molecule has 0 aliphatic carbocycles. The maximum atomic E-state index is 13.5. The molecular formula is C23H24N2O5. The number of nitrogens with zero attached hydrogens (tertiary/aromatic N) is 2. The van der Waals surface area contributed by atoms with E-state index < -0.39 is 6.10 Å². The van der Waals surface area contributed by atoms with Crippen LogP contribution >= 0.6 is 0 Å². The summed E-state index contributed by atoms with van der Waals surface area (Å²) in [7, 11) is 3.10. The number of amides is 1. The number of methoxy groups -OCH3 is 2. The quantitative estimate of drug-likeness (QED) is 0.694. The molecule has 30 heavy (non-hydrogen) atoms. The van der Waals surface area contributed by atoms with Crippen molar-refractivity contribution in [3.8, 4) is 22.8 Å². The summed E-state index contributed by atoms with van der Waals surface area (Å²) in [6.45, 7) is 2.65. The lowest BCUT2D eigenvalue weighted by Gasteiger charge is -2.29. The van der Waals surface area contributed by atoms with Gasteiger partial charge in [0.1, 0.15) is 17.4 Å². The van der Waals surface area contributed by atoms with E-state index in [0.29, 0.717) is 35.8 Å². The van der Waals surface area contributed by atoms with Crippen LogP contribution in [0.1, 0.15) is 40.3 Å². The van der Waals surface area contributed by atoms with Crippen molar-refractivity contribution >= 4 is 5.91 Å². The number of aliphatic hydroxyl groups excluding tert-OH is 1. The molecule has 0 saturated carbocycles. The molecule has 1 aromatic heterocycles. The highest BCUT2D eigenvalue weighted by molar-refractivity contribution is 6.01. The molecule has 0 fully saturated rings. The Balaban J connectivity index is 1.75. The third kappa shape index (κ3) is 3.52. The van der Waals surface area contributed by atoms with Crippen LogP contribution in [0.25, 0.3) is 11.3 Å². The van der Waals surface area contributed by atoms with Gasteiger partial charge in [-0.2, -0.15) is 0 Å². The molecule has 3 aromatic rings. The fraction of sp³-hybridized carbons (Fsp3) is 0.304. The molecule has 7 heteroatoms. The van der Waals surface area contributed by atoms with Crippen molar-refractivity contribution in [2.24, 2.45) is 0 Å². The number of fused-ring (bicyclic) bond motifs is 1. The Morgan fingerprint density at radius 3 is 2.57 bits per heavy atom. The first-order valence-corrected chi connectivity index (χ1v) is 9.79. The van der Waals surface area contributed by atoms with Gasteiger partial charge < -0.3 is 24.0 Å². The van der Waals surface area contributed by atoms with Crippen molar-refractivity contribution in [3.63, 3.8) is 0 Å². The van der Waals surface area contributed by atoms with Crippen molar-refractivity contribution in [3.05, 3.63) is 64.9 Å². The van der Waals surface area contributed by atoms with E-state index in [9.17, 15) is 9.90 Å². The van der Waals surface area contributed by atoms with E-state index in [1.807, 2.05) is 18.2 Å². The lowest BCUT2D eigenvalue weighted by Crippen LogP contribution is -2.36. The number of aromatic nitrogens is 1. The largest absolute Gasteiger partial charge is 0.493 e. The molecular weight excluding hydrogens is 384 g/mol. The third-order valence-electron chi connectivity index (χ3n) is 5.39. The maximum absolute atomic E-state index is 13.5. The molecule has 1 aliphatic rings. The first-order valence-electron chi connectivity index (χ1n) is 9.79. The van der Waals surface area contributed by atoms with Gasteiger partial charge in [-0.05, 0) is 42.7 Å². The van der Waals surface area contributed by atoms with Gasteiger partial charge in [0.2, 0.25) is 0 Å². The van der Waals surface area contributed by atoms with Gasteiger partial charge in [-0.25, -0.2) is 0 Å². The van der Waals surface area contributed by atoms with Crippen LogP contribution < -0.4 is 9.47 Å². The summed E-state index contributed by atoms with van der Waals surface area (Å²) in [5.74, 6) is 1.03. The van der Waals surface area contributed by atoms with Gasteiger partial charge >= 0.3 is 0 Å². The normalized spacial score (nSPS) is 14.2. The Kier molecular flexibility index (Phi) is 5.46. The van der Waals surface area contributed by atoms with E-state index in [1.54, 1.807) is 44.2 Å². The molecule has 0 bridgehead atoms. The van der Waals surface area contributed by atoms with Crippen LogP contribution in [0, 0.1) is 0 Å². The minimum Gasteiger partial charge on any atom is -0.493 e. The summed E-state index contributed by atoms with van der Waals surface area (Å²) < 4.78 is 16.1. The van der Waals surface area contributed by atoms with Crippen molar-refractivity contribution < 1.29 is 23.9 Å². The van der Waals surface area contributed by atoms with Crippen LogP contribution in [-0.4, -0.2) is 41.8 Å².